The maximum absolute atomic E-state index is 12.9. The molecule has 0 radical (unpaired) electrons. The standard InChI is InChI=1S/C25H29N7O2/c1-15-7-6-10-20(17(15)3)31-23-19(14-26-31)24(34)29-25(28-23)32-21(13-16(2)30-32)27-22(33)12-11-18-8-4-5-9-18/h6-7,10,13-14,18H,4-5,8-9,11-12H2,1-3H3,(H,27,33)(H,28,29,34). The number of aryl methyl sites for hydroxylation is 2. The summed E-state index contributed by atoms with van der Waals surface area (Å²) < 4.78 is 3.15. The van der Waals surface area contributed by atoms with Crippen LogP contribution >= 0.6 is 0 Å². The molecule has 0 bridgehead atoms. The summed E-state index contributed by atoms with van der Waals surface area (Å²) in [4.78, 5) is 33.0. The van der Waals surface area contributed by atoms with Crippen molar-refractivity contribution in [3.05, 3.63) is 57.6 Å². The molecule has 1 fully saturated rings. The first-order chi connectivity index (χ1) is 16.4. The Morgan fingerprint density at radius 1 is 1.18 bits per heavy atom. The van der Waals surface area contributed by atoms with Gasteiger partial charge < -0.3 is 5.32 Å². The molecule has 0 saturated heterocycles. The second-order valence-corrected chi connectivity index (χ2v) is 9.22. The number of amides is 1. The van der Waals surface area contributed by atoms with E-state index in [9.17, 15) is 9.59 Å². The summed E-state index contributed by atoms with van der Waals surface area (Å²) in [6.07, 6.45) is 7.84. The fourth-order valence-electron chi connectivity index (χ4n) is 4.74. The summed E-state index contributed by atoms with van der Waals surface area (Å²) in [7, 11) is 0. The van der Waals surface area contributed by atoms with Crippen LogP contribution in [0.4, 0.5) is 5.82 Å². The number of rotatable bonds is 6. The molecule has 1 amide bonds. The van der Waals surface area contributed by atoms with Crippen LogP contribution in [0.5, 0.6) is 0 Å². The number of anilines is 1. The van der Waals surface area contributed by atoms with E-state index in [4.69, 9.17) is 4.98 Å². The summed E-state index contributed by atoms with van der Waals surface area (Å²) in [5.41, 5.74) is 3.85. The van der Waals surface area contributed by atoms with Gasteiger partial charge in [0.05, 0.1) is 17.6 Å². The van der Waals surface area contributed by atoms with Gasteiger partial charge in [0.15, 0.2) is 5.65 Å². The van der Waals surface area contributed by atoms with Gasteiger partial charge in [-0.1, -0.05) is 37.8 Å². The Morgan fingerprint density at radius 2 is 1.97 bits per heavy atom. The van der Waals surface area contributed by atoms with Gasteiger partial charge in [-0.15, -0.1) is 0 Å². The van der Waals surface area contributed by atoms with Gasteiger partial charge in [0, 0.05) is 12.5 Å². The van der Waals surface area contributed by atoms with Crippen LogP contribution in [0, 0.1) is 26.7 Å². The van der Waals surface area contributed by atoms with Gasteiger partial charge in [-0.25, -0.2) is 4.68 Å². The molecule has 176 valence electrons. The molecule has 9 nitrogen and oxygen atoms in total. The van der Waals surface area contributed by atoms with E-state index in [1.54, 1.807) is 10.7 Å². The third-order valence-electron chi connectivity index (χ3n) is 6.78. The molecule has 0 unspecified atom stereocenters. The van der Waals surface area contributed by atoms with E-state index in [-0.39, 0.29) is 17.4 Å². The lowest BCUT2D eigenvalue weighted by atomic mass is 10.0. The molecule has 9 heteroatoms. The highest BCUT2D eigenvalue weighted by Crippen LogP contribution is 2.28. The molecule has 4 aromatic rings. The van der Waals surface area contributed by atoms with E-state index < -0.39 is 0 Å². The number of hydrogen-bond donors (Lipinski definition) is 2. The molecule has 0 spiro atoms. The number of hydrogen-bond acceptors (Lipinski definition) is 5. The van der Waals surface area contributed by atoms with Gasteiger partial charge in [-0.05, 0) is 50.3 Å². The van der Waals surface area contributed by atoms with Gasteiger partial charge in [0.2, 0.25) is 11.9 Å². The van der Waals surface area contributed by atoms with Gasteiger partial charge >= 0.3 is 0 Å². The Hall–Kier alpha value is -3.75. The molecule has 1 aliphatic carbocycles. The van der Waals surface area contributed by atoms with Crippen LogP contribution in [0.3, 0.4) is 0 Å². The number of aromatic amines is 1. The van der Waals surface area contributed by atoms with Crippen molar-refractivity contribution in [3.8, 4) is 11.6 Å². The smallest absolute Gasteiger partial charge is 0.263 e. The molecule has 2 N–H and O–H groups in total. The summed E-state index contributed by atoms with van der Waals surface area (Å²) >= 11 is 0. The molecule has 3 heterocycles. The first-order valence-electron chi connectivity index (χ1n) is 11.8. The third-order valence-corrected chi connectivity index (χ3v) is 6.78. The highest BCUT2D eigenvalue weighted by atomic mass is 16.1. The minimum absolute atomic E-state index is 0.0584. The van der Waals surface area contributed by atoms with Crippen molar-refractivity contribution in [2.75, 3.05) is 5.32 Å². The van der Waals surface area contributed by atoms with Crippen LogP contribution < -0.4 is 10.9 Å². The zero-order valence-corrected chi connectivity index (χ0v) is 19.8. The molecule has 34 heavy (non-hydrogen) atoms. The zero-order chi connectivity index (χ0) is 23.8. The quantitative estimate of drug-likeness (QED) is 0.450. The largest absolute Gasteiger partial charge is 0.310 e. The summed E-state index contributed by atoms with van der Waals surface area (Å²) in [6, 6.07) is 7.71. The number of nitrogens with one attached hydrogen (secondary N) is 2. The van der Waals surface area contributed by atoms with Crippen molar-refractivity contribution in [2.24, 2.45) is 5.92 Å². The van der Waals surface area contributed by atoms with Crippen LogP contribution in [0.1, 0.15) is 55.3 Å². The molecule has 3 aromatic heterocycles. The molecule has 0 atom stereocenters. The Labute approximate surface area is 197 Å². The molecule has 1 saturated carbocycles. The Bertz CT molecular complexity index is 1420. The van der Waals surface area contributed by atoms with Crippen LogP contribution in [-0.2, 0) is 4.79 Å². The van der Waals surface area contributed by atoms with Crippen molar-refractivity contribution in [1.29, 1.82) is 0 Å². The highest BCUT2D eigenvalue weighted by Gasteiger charge is 2.19. The van der Waals surface area contributed by atoms with E-state index in [1.807, 2.05) is 39.0 Å². The Balaban J connectivity index is 1.49. The maximum atomic E-state index is 12.9. The van der Waals surface area contributed by atoms with E-state index in [0.717, 1.165) is 23.2 Å². The van der Waals surface area contributed by atoms with Crippen LogP contribution in [0.25, 0.3) is 22.7 Å². The molecule has 1 aliphatic rings. The monoisotopic (exact) mass is 459 g/mol. The molecule has 5 rings (SSSR count). The van der Waals surface area contributed by atoms with Gasteiger partial charge in [0.25, 0.3) is 5.56 Å². The lowest BCUT2D eigenvalue weighted by molar-refractivity contribution is -0.116. The van der Waals surface area contributed by atoms with E-state index in [0.29, 0.717) is 34.9 Å². The normalized spacial score (nSPS) is 14.2. The van der Waals surface area contributed by atoms with Gasteiger partial charge in [0.1, 0.15) is 11.2 Å². The van der Waals surface area contributed by atoms with E-state index in [2.05, 4.69) is 20.5 Å². The topological polar surface area (TPSA) is 110 Å². The SMILES string of the molecule is Cc1cc(NC(=O)CCC2CCCC2)n(-c2nc3c(cnn3-c3cccc(C)c3C)c(=O)[nH]2)n1. The predicted octanol–water partition coefficient (Wildman–Crippen LogP) is 4.13. The van der Waals surface area contributed by atoms with Gasteiger partial charge in [-0.3, -0.25) is 14.6 Å². The summed E-state index contributed by atoms with van der Waals surface area (Å²) in [5, 5.41) is 12.3. The Kier molecular flexibility index (Phi) is 5.77. The average molecular weight is 460 g/mol. The van der Waals surface area contributed by atoms with Crippen molar-refractivity contribution in [1.82, 2.24) is 29.5 Å². The number of fused-ring (bicyclic) bond motifs is 1. The lowest BCUT2D eigenvalue weighted by Crippen LogP contribution is -2.19. The lowest BCUT2D eigenvalue weighted by Gasteiger charge is -2.11. The molecule has 1 aromatic carbocycles. The average Bonchev–Trinajstić information content (AvgIpc) is 3.54. The first kappa shape index (κ1) is 22.1. The Morgan fingerprint density at radius 3 is 2.76 bits per heavy atom. The second kappa shape index (κ2) is 8.89. The number of benzene rings is 1. The summed E-state index contributed by atoms with van der Waals surface area (Å²) in [5.74, 6) is 1.29. The maximum Gasteiger partial charge on any atom is 0.263 e. The first-order valence-corrected chi connectivity index (χ1v) is 11.8. The van der Waals surface area contributed by atoms with Crippen molar-refractivity contribution >= 4 is 22.8 Å². The van der Waals surface area contributed by atoms with E-state index in [1.165, 1.54) is 36.6 Å². The second-order valence-electron chi connectivity index (χ2n) is 9.22. The number of carbonyl (C=O) groups is 1. The number of nitrogens with zero attached hydrogens (tertiary/aromatic N) is 5. The van der Waals surface area contributed by atoms with Crippen LogP contribution in [0.15, 0.2) is 35.3 Å². The highest BCUT2D eigenvalue weighted by molar-refractivity contribution is 5.90. The minimum Gasteiger partial charge on any atom is -0.310 e. The number of aromatic nitrogens is 6. The van der Waals surface area contributed by atoms with Crippen molar-refractivity contribution in [2.45, 2.75) is 59.3 Å². The zero-order valence-electron chi connectivity index (χ0n) is 19.8. The van der Waals surface area contributed by atoms with Gasteiger partial charge in [-0.2, -0.15) is 19.9 Å². The fraction of sp³-hybridized carbons (Fsp3) is 0.400. The summed E-state index contributed by atoms with van der Waals surface area (Å²) in [6.45, 7) is 5.88. The number of carbonyl (C=O) groups excluding carboxylic acids is 1. The molecule has 0 aliphatic heterocycles. The fourth-order valence-corrected chi connectivity index (χ4v) is 4.74. The van der Waals surface area contributed by atoms with Crippen molar-refractivity contribution < 1.29 is 4.79 Å². The predicted molar refractivity (Wildman–Crippen MR) is 131 cm³/mol. The number of H-pyrrole nitrogens is 1. The minimum atomic E-state index is -0.316. The van der Waals surface area contributed by atoms with Crippen molar-refractivity contribution in [3.63, 3.8) is 0 Å². The van der Waals surface area contributed by atoms with Crippen LogP contribution in [0.2, 0.25) is 0 Å². The molecular weight excluding hydrogens is 430 g/mol. The third kappa shape index (κ3) is 4.13. The van der Waals surface area contributed by atoms with E-state index >= 15 is 0 Å². The van der Waals surface area contributed by atoms with Crippen LogP contribution in [-0.4, -0.2) is 35.4 Å². The molecular formula is C25H29N7O2.